The molecule has 25 heavy (non-hydrogen) atoms. The molecule has 0 fully saturated rings. The lowest BCUT2D eigenvalue weighted by molar-refractivity contribution is 0.378. The topological polar surface area (TPSA) is 73.1 Å². The van der Waals surface area contributed by atoms with Gasteiger partial charge < -0.3 is 4.52 Å². The molecule has 2 aromatic heterocycles. The average molecular weight is 377 g/mol. The summed E-state index contributed by atoms with van der Waals surface area (Å²) in [5.41, 5.74) is 2.95. The molecule has 3 aromatic rings. The number of benzene rings is 1. The van der Waals surface area contributed by atoms with Crippen LogP contribution in [0.5, 0.6) is 0 Å². The molecule has 0 spiro atoms. The van der Waals surface area contributed by atoms with E-state index in [2.05, 4.69) is 10.1 Å². The van der Waals surface area contributed by atoms with Gasteiger partial charge in [-0.2, -0.15) is 4.98 Å². The van der Waals surface area contributed by atoms with Crippen LogP contribution >= 0.6 is 11.3 Å². The Bertz CT molecular complexity index is 945. The SMILES string of the molecule is Cc1ccc(C)c(CS(=O)(=O)CCCc2nc(-c3cccs3)no2)c1. The Balaban J connectivity index is 1.57. The van der Waals surface area contributed by atoms with E-state index >= 15 is 0 Å². The fraction of sp³-hybridized carbons (Fsp3) is 0.333. The summed E-state index contributed by atoms with van der Waals surface area (Å²) < 4.78 is 30.0. The summed E-state index contributed by atoms with van der Waals surface area (Å²) >= 11 is 1.54. The average Bonchev–Trinajstić information content (AvgIpc) is 3.21. The summed E-state index contributed by atoms with van der Waals surface area (Å²) in [6.45, 7) is 3.91. The van der Waals surface area contributed by atoms with E-state index < -0.39 is 9.84 Å². The molecular weight excluding hydrogens is 356 g/mol. The molecule has 7 heteroatoms. The van der Waals surface area contributed by atoms with E-state index in [1.54, 1.807) is 11.3 Å². The summed E-state index contributed by atoms with van der Waals surface area (Å²) in [6, 6.07) is 9.75. The maximum Gasteiger partial charge on any atom is 0.227 e. The standard InChI is InChI=1S/C18H20N2O3S2/c1-13-7-8-14(2)15(11-13)12-25(21,22)10-4-6-17-19-18(20-23-17)16-5-3-9-24-16/h3,5,7-9,11H,4,6,10,12H2,1-2H3. The maximum absolute atomic E-state index is 12.4. The Hall–Kier alpha value is -1.99. The van der Waals surface area contributed by atoms with Crippen molar-refractivity contribution in [3.8, 4) is 10.7 Å². The molecule has 132 valence electrons. The molecule has 2 heterocycles. The number of sulfone groups is 1. The number of thiophene rings is 1. The minimum Gasteiger partial charge on any atom is -0.339 e. The van der Waals surface area contributed by atoms with E-state index in [9.17, 15) is 8.42 Å². The third-order valence-corrected chi connectivity index (χ3v) is 6.46. The van der Waals surface area contributed by atoms with Gasteiger partial charge in [0.1, 0.15) is 0 Å². The quantitative estimate of drug-likeness (QED) is 0.624. The molecule has 0 saturated heterocycles. The Morgan fingerprint density at radius 2 is 2.04 bits per heavy atom. The molecule has 1 aromatic carbocycles. The molecule has 0 atom stereocenters. The van der Waals surface area contributed by atoms with Crippen LogP contribution < -0.4 is 0 Å². The maximum atomic E-state index is 12.4. The van der Waals surface area contributed by atoms with E-state index in [0.29, 0.717) is 24.6 Å². The van der Waals surface area contributed by atoms with Gasteiger partial charge in [0.05, 0.1) is 16.4 Å². The van der Waals surface area contributed by atoms with E-state index in [1.807, 2.05) is 49.6 Å². The van der Waals surface area contributed by atoms with Crippen molar-refractivity contribution in [2.75, 3.05) is 5.75 Å². The molecule has 0 bridgehead atoms. The van der Waals surface area contributed by atoms with Crippen molar-refractivity contribution >= 4 is 21.2 Å². The third-order valence-electron chi connectivity index (χ3n) is 3.94. The molecular formula is C18H20N2O3S2. The normalized spacial score (nSPS) is 11.8. The van der Waals surface area contributed by atoms with Crippen molar-refractivity contribution in [2.45, 2.75) is 32.4 Å². The van der Waals surface area contributed by atoms with Gasteiger partial charge in [0.15, 0.2) is 9.84 Å². The van der Waals surface area contributed by atoms with Crippen LogP contribution in [-0.2, 0) is 22.0 Å². The molecule has 0 aliphatic carbocycles. The minimum atomic E-state index is -3.17. The molecule has 0 aliphatic heterocycles. The van der Waals surface area contributed by atoms with Gasteiger partial charge in [-0.15, -0.1) is 11.3 Å². The first kappa shape index (κ1) is 17.8. The number of rotatable bonds is 7. The highest BCUT2D eigenvalue weighted by molar-refractivity contribution is 7.90. The number of hydrogen-bond acceptors (Lipinski definition) is 6. The Labute approximate surface area is 151 Å². The minimum absolute atomic E-state index is 0.0742. The van der Waals surface area contributed by atoms with Crippen molar-refractivity contribution in [1.29, 1.82) is 0 Å². The first-order chi connectivity index (χ1) is 11.9. The van der Waals surface area contributed by atoms with Crippen LogP contribution in [0.4, 0.5) is 0 Å². The predicted molar refractivity (Wildman–Crippen MR) is 99.3 cm³/mol. The van der Waals surface area contributed by atoms with Gasteiger partial charge in [0.25, 0.3) is 0 Å². The van der Waals surface area contributed by atoms with Crippen molar-refractivity contribution in [3.63, 3.8) is 0 Å². The number of nitrogens with zero attached hydrogens (tertiary/aromatic N) is 2. The van der Waals surface area contributed by atoms with Crippen LogP contribution in [0, 0.1) is 13.8 Å². The van der Waals surface area contributed by atoms with Crippen LogP contribution in [-0.4, -0.2) is 24.3 Å². The molecule has 0 radical (unpaired) electrons. The molecule has 3 rings (SSSR count). The second-order valence-corrected chi connectivity index (χ2v) is 9.25. The zero-order valence-electron chi connectivity index (χ0n) is 14.2. The van der Waals surface area contributed by atoms with Gasteiger partial charge in [0.2, 0.25) is 11.7 Å². The van der Waals surface area contributed by atoms with Gasteiger partial charge >= 0.3 is 0 Å². The van der Waals surface area contributed by atoms with E-state index in [4.69, 9.17) is 4.52 Å². The zero-order valence-corrected chi connectivity index (χ0v) is 15.9. The largest absolute Gasteiger partial charge is 0.339 e. The first-order valence-corrected chi connectivity index (χ1v) is 10.8. The highest BCUT2D eigenvalue weighted by Gasteiger charge is 2.15. The van der Waals surface area contributed by atoms with E-state index in [0.717, 1.165) is 21.6 Å². The zero-order chi connectivity index (χ0) is 17.9. The molecule has 0 N–H and O–H groups in total. The van der Waals surface area contributed by atoms with Crippen molar-refractivity contribution in [3.05, 3.63) is 58.3 Å². The van der Waals surface area contributed by atoms with Crippen LogP contribution in [0.1, 0.15) is 29.0 Å². The van der Waals surface area contributed by atoms with Gasteiger partial charge in [-0.25, -0.2) is 8.42 Å². The highest BCUT2D eigenvalue weighted by atomic mass is 32.2. The van der Waals surface area contributed by atoms with E-state index in [-0.39, 0.29) is 11.5 Å². The van der Waals surface area contributed by atoms with Crippen LogP contribution in [0.2, 0.25) is 0 Å². The van der Waals surface area contributed by atoms with Gasteiger partial charge in [-0.3, -0.25) is 0 Å². The number of aromatic nitrogens is 2. The van der Waals surface area contributed by atoms with Crippen molar-refractivity contribution in [1.82, 2.24) is 10.1 Å². The summed E-state index contributed by atoms with van der Waals surface area (Å²) in [7, 11) is -3.17. The summed E-state index contributed by atoms with van der Waals surface area (Å²) in [4.78, 5) is 5.26. The fourth-order valence-corrected chi connectivity index (χ4v) is 4.73. The van der Waals surface area contributed by atoms with Crippen molar-refractivity contribution in [2.24, 2.45) is 0 Å². The number of aryl methyl sites for hydroxylation is 3. The van der Waals surface area contributed by atoms with E-state index in [1.165, 1.54) is 0 Å². The molecule has 5 nitrogen and oxygen atoms in total. The van der Waals surface area contributed by atoms with Crippen molar-refractivity contribution < 1.29 is 12.9 Å². The van der Waals surface area contributed by atoms with Gasteiger partial charge in [0, 0.05) is 6.42 Å². The Morgan fingerprint density at radius 1 is 1.20 bits per heavy atom. The summed E-state index contributed by atoms with van der Waals surface area (Å²) in [6.07, 6.45) is 0.934. The lowest BCUT2D eigenvalue weighted by Crippen LogP contribution is -2.11. The summed E-state index contributed by atoms with van der Waals surface area (Å²) in [5, 5.41) is 5.89. The summed E-state index contributed by atoms with van der Waals surface area (Å²) in [5.74, 6) is 1.22. The smallest absolute Gasteiger partial charge is 0.227 e. The Morgan fingerprint density at radius 3 is 2.80 bits per heavy atom. The molecule has 0 saturated carbocycles. The van der Waals surface area contributed by atoms with Crippen LogP contribution in [0.3, 0.4) is 0 Å². The molecule has 0 amide bonds. The van der Waals surface area contributed by atoms with Gasteiger partial charge in [-0.1, -0.05) is 35.0 Å². The number of hydrogen-bond donors (Lipinski definition) is 0. The third kappa shape index (κ3) is 4.76. The fourth-order valence-electron chi connectivity index (χ4n) is 2.57. The lowest BCUT2D eigenvalue weighted by atomic mass is 10.1. The second-order valence-electron chi connectivity index (χ2n) is 6.11. The Kier molecular flexibility index (Phi) is 5.34. The highest BCUT2D eigenvalue weighted by Crippen LogP contribution is 2.21. The van der Waals surface area contributed by atoms with Crippen LogP contribution in [0.25, 0.3) is 10.7 Å². The monoisotopic (exact) mass is 376 g/mol. The lowest BCUT2D eigenvalue weighted by Gasteiger charge is -2.08. The molecule has 0 unspecified atom stereocenters. The first-order valence-electron chi connectivity index (χ1n) is 8.06. The predicted octanol–water partition coefficient (Wildman–Crippen LogP) is 3.96. The molecule has 0 aliphatic rings. The van der Waals surface area contributed by atoms with Gasteiger partial charge in [-0.05, 0) is 42.8 Å². The van der Waals surface area contributed by atoms with Crippen LogP contribution in [0.15, 0.2) is 40.2 Å². The second kappa shape index (κ2) is 7.49.